The third-order valence-corrected chi connectivity index (χ3v) is 7.14. The molecule has 4 rings (SSSR count). The summed E-state index contributed by atoms with van der Waals surface area (Å²) in [5.41, 5.74) is 0.757. The van der Waals surface area contributed by atoms with Crippen LogP contribution < -0.4 is 20.3 Å². The maximum Gasteiger partial charge on any atom is 0.416 e. The SMILES string of the molecule is CCOc1ncccc1-c1ccc(C2(C(=O)NCCNC)CCN(c3ccc(C(F)(F)F)cc3C#N)CC2)cn1. The molecule has 0 unspecified atom stereocenters. The molecule has 8 nitrogen and oxygen atoms in total. The van der Waals surface area contributed by atoms with Gasteiger partial charge in [0.1, 0.15) is 6.07 Å². The van der Waals surface area contributed by atoms with E-state index in [9.17, 15) is 23.2 Å². The molecule has 0 aliphatic carbocycles. The van der Waals surface area contributed by atoms with Gasteiger partial charge in [0, 0.05) is 38.6 Å². The van der Waals surface area contributed by atoms with Crippen LogP contribution in [0.25, 0.3) is 11.3 Å². The number of hydrogen-bond donors (Lipinski definition) is 2. The van der Waals surface area contributed by atoms with E-state index in [0.29, 0.717) is 62.9 Å². The summed E-state index contributed by atoms with van der Waals surface area (Å²) in [5.74, 6) is 0.337. The predicted molar refractivity (Wildman–Crippen MR) is 145 cm³/mol. The first-order chi connectivity index (χ1) is 19.2. The second-order valence-corrected chi connectivity index (χ2v) is 9.49. The number of likely N-dealkylation sites (N-methyl/N-ethyl adjacent to an activating group) is 1. The smallest absolute Gasteiger partial charge is 0.416 e. The lowest BCUT2D eigenvalue weighted by molar-refractivity contribution is -0.137. The number of piperidine rings is 1. The monoisotopic (exact) mass is 552 g/mol. The first-order valence-corrected chi connectivity index (χ1v) is 13.1. The zero-order valence-electron chi connectivity index (χ0n) is 22.4. The molecule has 0 bridgehead atoms. The highest BCUT2D eigenvalue weighted by Crippen LogP contribution is 2.40. The highest BCUT2D eigenvalue weighted by molar-refractivity contribution is 5.89. The Morgan fingerprint density at radius 3 is 2.55 bits per heavy atom. The molecule has 0 radical (unpaired) electrons. The van der Waals surface area contributed by atoms with Crippen LogP contribution in [-0.4, -0.2) is 55.7 Å². The Bertz CT molecular complexity index is 1360. The number of rotatable bonds is 9. The number of carbonyl (C=O) groups excluding carboxylic acids is 1. The van der Waals surface area contributed by atoms with E-state index in [1.54, 1.807) is 25.5 Å². The van der Waals surface area contributed by atoms with Gasteiger partial charge in [-0.2, -0.15) is 18.4 Å². The lowest BCUT2D eigenvalue weighted by atomic mass is 9.72. The molecule has 1 aliphatic heterocycles. The molecule has 0 atom stereocenters. The Labute approximate surface area is 231 Å². The van der Waals surface area contributed by atoms with Crippen LogP contribution >= 0.6 is 0 Å². The number of nitrogens with zero attached hydrogens (tertiary/aromatic N) is 4. The zero-order chi connectivity index (χ0) is 28.8. The lowest BCUT2D eigenvalue weighted by Crippen LogP contribution is -2.52. The number of pyridine rings is 2. The van der Waals surface area contributed by atoms with Crippen LogP contribution in [0.2, 0.25) is 0 Å². The Morgan fingerprint density at radius 2 is 1.93 bits per heavy atom. The number of carbonyl (C=O) groups is 1. The van der Waals surface area contributed by atoms with Gasteiger partial charge < -0.3 is 20.3 Å². The topological polar surface area (TPSA) is 103 Å². The van der Waals surface area contributed by atoms with Gasteiger partial charge in [-0.25, -0.2) is 4.98 Å². The molecule has 1 amide bonds. The average Bonchev–Trinajstić information content (AvgIpc) is 2.97. The number of alkyl halides is 3. The number of hydrogen-bond acceptors (Lipinski definition) is 7. The van der Waals surface area contributed by atoms with E-state index in [4.69, 9.17) is 4.74 Å². The molecular weight excluding hydrogens is 521 g/mol. The number of ether oxygens (including phenoxy) is 1. The van der Waals surface area contributed by atoms with E-state index in [2.05, 4.69) is 20.6 Å². The fourth-order valence-corrected chi connectivity index (χ4v) is 5.00. The van der Waals surface area contributed by atoms with E-state index in [-0.39, 0.29) is 11.5 Å². The average molecular weight is 553 g/mol. The van der Waals surface area contributed by atoms with E-state index >= 15 is 0 Å². The first-order valence-electron chi connectivity index (χ1n) is 13.1. The van der Waals surface area contributed by atoms with Crippen molar-refractivity contribution in [2.45, 2.75) is 31.4 Å². The van der Waals surface area contributed by atoms with Gasteiger partial charge in [-0.15, -0.1) is 0 Å². The fourth-order valence-electron chi connectivity index (χ4n) is 5.00. The molecule has 2 aromatic heterocycles. The summed E-state index contributed by atoms with van der Waals surface area (Å²) in [5, 5.41) is 15.6. The molecule has 1 aliphatic rings. The van der Waals surface area contributed by atoms with Crippen molar-refractivity contribution in [3.63, 3.8) is 0 Å². The van der Waals surface area contributed by atoms with Crippen LogP contribution in [-0.2, 0) is 16.4 Å². The minimum Gasteiger partial charge on any atom is -0.477 e. The molecule has 0 saturated carbocycles. The fraction of sp³-hybridized carbons (Fsp3) is 0.379. The number of nitriles is 1. The van der Waals surface area contributed by atoms with Crippen molar-refractivity contribution in [2.75, 3.05) is 44.7 Å². The summed E-state index contributed by atoms with van der Waals surface area (Å²) < 4.78 is 45.2. The number of anilines is 1. The Hall–Kier alpha value is -4.17. The van der Waals surface area contributed by atoms with Gasteiger partial charge in [0.05, 0.1) is 40.1 Å². The molecule has 11 heteroatoms. The van der Waals surface area contributed by atoms with E-state index in [1.807, 2.05) is 36.1 Å². The van der Waals surface area contributed by atoms with Crippen molar-refractivity contribution >= 4 is 11.6 Å². The summed E-state index contributed by atoms with van der Waals surface area (Å²) in [6.07, 6.45) is -0.407. The van der Waals surface area contributed by atoms with E-state index < -0.39 is 17.2 Å². The van der Waals surface area contributed by atoms with Crippen LogP contribution in [0, 0.1) is 11.3 Å². The molecule has 3 aromatic rings. The number of nitrogens with one attached hydrogen (secondary N) is 2. The molecule has 3 heterocycles. The number of amides is 1. The Kier molecular flexibility index (Phi) is 8.90. The molecule has 0 spiro atoms. The van der Waals surface area contributed by atoms with Crippen molar-refractivity contribution in [1.82, 2.24) is 20.6 Å². The largest absolute Gasteiger partial charge is 0.477 e. The molecule has 40 heavy (non-hydrogen) atoms. The summed E-state index contributed by atoms with van der Waals surface area (Å²) in [7, 11) is 1.80. The molecular formula is C29H31F3N6O2. The molecule has 1 saturated heterocycles. The maximum atomic E-state index is 13.6. The maximum absolute atomic E-state index is 13.6. The highest BCUT2D eigenvalue weighted by Gasteiger charge is 2.43. The number of benzene rings is 1. The quantitative estimate of drug-likeness (QED) is 0.382. The van der Waals surface area contributed by atoms with Gasteiger partial charge >= 0.3 is 6.18 Å². The van der Waals surface area contributed by atoms with Gasteiger partial charge in [0.15, 0.2) is 0 Å². The normalized spacial score (nSPS) is 14.8. The van der Waals surface area contributed by atoms with Gasteiger partial charge in [0.25, 0.3) is 0 Å². The van der Waals surface area contributed by atoms with Gasteiger partial charge in [-0.05, 0) is 68.8 Å². The predicted octanol–water partition coefficient (Wildman–Crippen LogP) is 4.31. The van der Waals surface area contributed by atoms with Gasteiger partial charge in [0.2, 0.25) is 11.8 Å². The summed E-state index contributed by atoms with van der Waals surface area (Å²) >= 11 is 0. The molecule has 210 valence electrons. The summed E-state index contributed by atoms with van der Waals surface area (Å²) in [4.78, 5) is 24.4. The van der Waals surface area contributed by atoms with Crippen LogP contribution in [0.1, 0.15) is 36.5 Å². The third-order valence-electron chi connectivity index (χ3n) is 7.14. The zero-order valence-corrected chi connectivity index (χ0v) is 22.4. The van der Waals surface area contributed by atoms with Crippen molar-refractivity contribution < 1.29 is 22.7 Å². The van der Waals surface area contributed by atoms with E-state index in [1.165, 1.54) is 6.07 Å². The molecule has 1 aromatic carbocycles. The van der Waals surface area contributed by atoms with Crippen molar-refractivity contribution in [3.8, 4) is 23.2 Å². The number of aromatic nitrogens is 2. The lowest BCUT2D eigenvalue weighted by Gasteiger charge is -2.42. The van der Waals surface area contributed by atoms with Crippen LogP contribution in [0.5, 0.6) is 5.88 Å². The standard InChI is InChI=1S/C29H31F3N6O2/c1-3-40-26-23(5-4-12-35-26)24-8-6-22(19-37-24)28(27(39)36-14-13-34-2)10-15-38(16-11-28)25-9-7-21(29(30,31)32)17-20(25)18-33/h4-9,12,17,19,34H,3,10-11,13-16H2,1-2H3,(H,36,39). The second-order valence-electron chi connectivity index (χ2n) is 9.49. The van der Waals surface area contributed by atoms with Gasteiger partial charge in [-0.1, -0.05) is 6.07 Å². The summed E-state index contributed by atoms with van der Waals surface area (Å²) in [6.45, 7) is 4.13. The molecule has 2 N–H and O–H groups in total. The van der Waals surface area contributed by atoms with Crippen LogP contribution in [0.15, 0.2) is 54.9 Å². The van der Waals surface area contributed by atoms with E-state index in [0.717, 1.165) is 23.3 Å². The van der Waals surface area contributed by atoms with Crippen molar-refractivity contribution in [2.24, 2.45) is 0 Å². The number of halogens is 3. The minimum absolute atomic E-state index is 0.0478. The first kappa shape index (κ1) is 28.8. The second kappa shape index (κ2) is 12.3. The van der Waals surface area contributed by atoms with Gasteiger partial charge in [-0.3, -0.25) is 9.78 Å². The van der Waals surface area contributed by atoms with Crippen LogP contribution in [0.3, 0.4) is 0 Å². The molecule has 1 fully saturated rings. The summed E-state index contributed by atoms with van der Waals surface area (Å²) in [6, 6.07) is 12.5. The highest BCUT2D eigenvalue weighted by atomic mass is 19.4. The third kappa shape index (κ3) is 6.02. The Morgan fingerprint density at radius 1 is 1.15 bits per heavy atom. The van der Waals surface area contributed by atoms with Crippen LogP contribution in [0.4, 0.5) is 18.9 Å². The Balaban J connectivity index is 1.62. The minimum atomic E-state index is -4.54. The van der Waals surface area contributed by atoms with Crippen molar-refractivity contribution in [3.05, 3.63) is 71.5 Å². The van der Waals surface area contributed by atoms with Crippen molar-refractivity contribution in [1.29, 1.82) is 5.26 Å².